The summed E-state index contributed by atoms with van der Waals surface area (Å²) in [5.41, 5.74) is -1.61. The Morgan fingerprint density at radius 1 is 1.40 bits per heavy atom. The maximum absolute atomic E-state index is 11.5. The minimum absolute atomic E-state index is 0.135. The van der Waals surface area contributed by atoms with E-state index in [0.717, 1.165) is 0 Å². The van der Waals surface area contributed by atoms with Crippen LogP contribution in [0.3, 0.4) is 0 Å². The molecule has 0 aliphatic rings. The van der Waals surface area contributed by atoms with E-state index in [4.69, 9.17) is 0 Å². The van der Waals surface area contributed by atoms with Crippen molar-refractivity contribution in [1.82, 2.24) is 10.6 Å². The van der Waals surface area contributed by atoms with E-state index >= 15 is 0 Å². The van der Waals surface area contributed by atoms with Gasteiger partial charge in [0.25, 0.3) is 0 Å². The zero-order valence-electron chi connectivity index (χ0n) is 10.1. The van der Waals surface area contributed by atoms with Gasteiger partial charge in [-0.05, 0) is 27.7 Å². The molecule has 0 saturated carbocycles. The summed E-state index contributed by atoms with van der Waals surface area (Å²) in [5.74, 6) is -0.135. The van der Waals surface area contributed by atoms with E-state index in [1.54, 1.807) is 33.8 Å². The van der Waals surface area contributed by atoms with Crippen LogP contribution in [0.1, 0.15) is 27.7 Å². The summed E-state index contributed by atoms with van der Waals surface area (Å²) in [7, 11) is 0. The van der Waals surface area contributed by atoms with Crippen LogP contribution in [-0.4, -0.2) is 35.2 Å². The molecular weight excluding hydrogens is 192 g/mol. The van der Waals surface area contributed by atoms with Crippen molar-refractivity contribution >= 4 is 5.91 Å². The lowest BCUT2D eigenvalue weighted by molar-refractivity contribution is -0.125. The van der Waals surface area contributed by atoms with Crippen LogP contribution in [0.2, 0.25) is 0 Å². The number of carbonyl (C=O) groups is 1. The molecule has 0 aliphatic carbocycles. The van der Waals surface area contributed by atoms with Crippen molar-refractivity contribution < 1.29 is 9.90 Å². The highest BCUT2D eigenvalue weighted by Crippen LogP contribution is 2.19. The van der Waals surface area contributed by atoms with E-state index in [9.17, 15) is 9.90 Å². The van der Waals surface area contributed by atoms with Crippen molar-refractivity contribution in [1.29, 1.82) is 0 Å². The van der Waals surface area contributed by atoms with Gasteiger partial charge in [-0.1, -0.05) is 6.08 Å². The van der Waals surface area contributed by atoms with Gasteiger partial charge in [0.05, 0.1) is 17.7 Å². The molecule has 0 aliphatic heterocycles. The van der Waals surface area contributed by atoms with Gasteiger partial charge in [-0.3, -0.25) is 4.79 Å². The maximum Gasteiger partial charge on any atom is 0.234 e. The van der Waals surface area contributed by atoms with E-state index in [2.05, 4.69) is 17.2 Å². The van der Waals surface area contributed by atoms with Crippen LogP contribution >= 0.6 is 0 Å². The lowest BCUT2D eigenvalue weighted by Gasteiger charge is -2.38. The molecule has 0 rings (SSSR count). The molecule has 1 amide bonds. The maximum atomic E-state index is 11.5. The third kappa shape index (κ3) is 4.95. The Hall–Kier alpha value is -0.870. The summed E-state index contributed by atoms with van der Waals surface area (Å²) in [6.45, 7) is 11.3. The number of hydrogen-bond acceptors (Lipinski definition) is 3. The molecule has 15 heavy (non-hydrogen) atoms. The van der Waals surface area contributed by atoms with Crippen LogP contribution in [-0.2, 0) is 4.79 Å². The van der Waals surface area contributed by atoms with Crippen LogP contribution < -0.4 is 10.6 Å². The van der Waals surface area contributed by atoms with Crippen LogP contribution in [0.15, 0.2) is 12.7 Å². The van der Waals surface area contributed by atoms with E-state index in [1.165, 1.54) is 0 Å². The summed E-state index contributed by atoms with van der Waals surface area (Å²) in [6.07, 6.45) is 1.69. The molecule has 3 N–H and O–H groups in total. The number of rotatable bonds is 6. The minimum atomic E-state index is -0.957. The lowest BCUT2D eigenvalue weighted by Crippen LogP contribution is -2.59. The first kappa shape index (κ1) is 14.1. The zero-order valence-corrected chi connectivity index (χ0v) is 10.1. The average molecular weight is 214 g/mol. The van der Waals surface area contributed by atoms with E-state index in [0.29, 0.717) is 6.54 Å². The molecule has 88 valence electrons. The predicted octanol–water partition coefficient (Wildman–Crippen LogP) is 0.428. The summed E-state index contributed by atoms with van der Waals surface area (Å²) in [4.78, 5) is 11.5. The molecule has 0 saturated heterocycles. The van der Waals surface area contributed by atoms with Crippen molar-refractivity contribution in [2.24, 2.45) is 0 Å². The molecule has 0 heterocycles. The monoisotopic (exact) mass is 214 g/mol. The van der Waals surface area contributed by atoms with Gasteiger partial charge >= 0.3 is 0 Å². The van der Waals surface area contributed by atoms with Crippen LogP contribution in [0.4, 0.5) is 0 Å². The molecule has 4 nitrogen and oxygen atoms in total. The molecule has 0 spiro atoms. The summed E-state index contributed by atoms with van der Waals surface area (Å²) in [5, 5.41) is 15.5. The molecule has 0 aromatic carbocycles. The first-order chi connectivity index (χ1) is 6.70. The largest absolute Gasteiger partial charge is 0.388 e. The standard InChI is InChI=1S/C11H22N2O2/c1-6-7-12-8-9(14)13-10(2,3)11(4,5)15/h6,12,15H,1,7-8H2,2-5H3,(H,13,14). The van der Waals surface area contributed by atoms with Gasteiger partial charge in [-0.15, -0.1) is 6.58 Å². The Labute approximate surface area is 91.8 Å². The highest BCUT2D eigenvalue weighted by molar-refractivity contribution is 5.78. The summed E-state index contributed by atoms with van der Waals surface area (Å²) < 4.78 is 0. The van der Waals surface area contributed by atoms with Gasteiger partial charge in [0, 0.05) is 6.54 Å². The molecular formula is C11H22N2O2. The normalized spacial score (nSPS) is 12.3. The van der Waals surface area contributed by atoms with E-state index < -0.39 is 11.1 Å². The second-order valence-electron chi connectivity index (χ2n) is 4.65. The molecule has 0 radical (unpaired) electrons. The fourth-order valence-electron chi connectivity index (χ4n) is 0.833. The Kier molecular flexibility index (Phi) is 4.97. The number of amides is 1. The summed E-state index contributed by atoms with van der Waals surface area (Å²) >= 11 is 0. The van der Waals surface area contributed by atoms with Crippen molar-refractivity contribution in [3.05, 3.63) is 12.7 Å². The minimum Gasteiger partial charge on any atom is -0.388 e. The zero-order chi connectivity index (χ0) is 12.1. The van der Waals surface area contributed by atoms with Crippen molar-refractivity contribution in [3.63, 3.8) is 0 Å². The Balaban J connectivity index is 4.11. The molecule has 0 unspecified atom stereocenters. The van der Waals surface area contributed by atoms with Crippen LogP contribution in [0.5, 0.6) is 0 Å². The second-order valence-corrected chi connectivity index (χ2v) is 4.65. The number of aliphatic hydroxyl groups is 1. The van der Waals surface area contributed by atoms with Gasteiger partial charge in [-0.25, -0.2) is 0 Å². The molecule has 0 atom stereocenters. The molecule has 4 heteroatoms. The van der Waals surface area contributed by atoms with Crippen molar-refractivity contribution in [2.75, 3.05) is 13.1 Å². The topological polar surface area (TPSA) is 61.4 Å². The highest BCUT2D eigenvalue weighted by atomic mass is 16.3. The van der Waals surface area contributed by atoms with E-state index in [1.807, 2.05) is 0 Å². The fraction of sp³-hybridized carbons (Fsp3) is 0.727. The second kappa shape index (κ2) is 5.28. The number of hydrogen-bond donors (Lipinski definition) is 3. The molecule has 0 aromatic rings. The van der Waals surface area contributed by atoms with Gasteiger partial charge in [-0.2, -0.15) is 0 Å². The third-order valence-electron chi connectivity index (χ3n) is 2.56. The predicted molar refractivity (Wildman–Crippen MR) is 61.6 cm³/mol. The van der Waals surface area contributed by atoms with Gasteiger partial charge in [0.1, 0.15) is 0 Å². The number of nitrogens with one attached hydrogen (secondary N) is 2. The molecule has 0 fully saturated rings. The van der Waals surface area contributed by atoms with Crippen LogP contribution in [0, 0.1) is 0 Å². The lowest BCUT2D eigenvalue weighted by atomic mass is 9.86. The molecule has 0 bridgehead atoms. The van der Waals surface area contributed by atoms with E-state index in [-0.39, 0.29) is 12.5 Å². The summed E-state index contributed by atoms with van der Waals surface area (Å²) in [6, 6.07) is 0. The smallest absolute Gasteiger partial charge is 0.234 e. The Morgan fingerprint density at radius 2 is 1.93 bits per heavy atom. The number of carbonyl (C=O) groups excluding carboxylic acids is 1. The highest BCUT2D eigenvalue weighted by Gasteiger charge is 2.35. The van der Waals surface area contributed by atoms with Crippen molar-refractivity contribution in [2.45, 2.75) is 38.8 Å². The van der Waals surface area contributed by atoms with Gasteiger partial charge < -0.3 is 15.7 Å². The first-order valence-electron chi connectivity index (χ1n) is 5.05. The molecule has 0 aromatic heterocycles. The first-order valence-corrected chi connectivity index (χ1v) is 5.05. The quantitative estimate of drug-likeness (QED) is 0.444. The third-order valence-corrected chi connectivity index (χ3v) is 2.56. The Bertz CT molecular complexity index is 229. The van der Waals surface area contributed by atoms with Gasteiger partial charge in [0.2, 0.25) is 5.91 Å². The SMILES string of the molecule is C=CCNCC(=O)NC(C)(C)C(C)(C)O. The fourth-order valence-corrected chi connectivity index (χ4v) is 0.833. The van der Waals surface area contributed by atoms with Crippen LogP contribution in [0.25, 0.3) is 0 Å². The van der Waals surface area contributed by atoms with Crippen molar-refractivity contribution in [3.8, 4) is 0 Å². The Morgan fingerprint density at radius 3 is 2.33 bits per heavy atom. The van der Waals surface area contributed by atoms with Gasteiger partial charge in [0.15, 0.2) is 0 Å². The average Bonchev–Trinajstić information content (AvgIpc) is 2.01.